The number of aromatic nitrogens is 3. The number of nitrogens with one attached hydrogen (secondary N) is 2. The second-order valence-electron chi connectivity index (χ2n) is 7.26. The van der Waals surface area contributed by atoms with E-state index in [1.54, 1.807) is 6.07 Å². The zero-order valence-electron chi connectivity index (χ0n) is 15.4. The zero-order valence-corrected chi connectivity index (χ0v) is 15.4. The number of anilines is 1. The summed E-state index contributed by atoms with van der Waals surface area (Å²) in [5, 5.41) is 3.39. The van der Waals surface area contributed by atoms with Crippen LogP contribution in [0.15, 0.2) is 21.7 Å². The van der Waals surface area contributed by atoms with Crippen molar-refractivity contribution in [2.45, 2.75) is 18.9 Å². The average Bonchev–Trinajstić information content (AvgIpc) is 3.53. The molecule has 3 heterocycles. The van der Waals surface area contributed by atoms with Crippen LogP contribution in [0.25, 0.3) is 21.9 Å². The summed E-state index contributed by atoms with van der Waals surface area (Å²) in [6.07, 6.45) is 1.84. The summed E-state index contributed by atoms with van der Waals surface area (Å²) in [5.74, 6) is -0.453. The summed E-state index contributed by atoms with van der Waals surface area (Å²) in [5.41, 5.74) is 0.284. The van der Waals surface area contributed by atoms with Gasteiger partial charge in [0.2, 0.25) is 5.43 Å². The van der Waals surface area contributed by atoms with Crippen LogP contribution in [0.5, 0.6) is 6.01 Å². The fourth-order valence-corrected chi connectivity index (χ4v) is 3.95. The lowest BCUT2D eigenvalue weighted by Gasteiger charge is -2.30. The number of nitrogens with zero attached hydrogens (tertiary/aromatic N) is 3. The molecule has 1 saturated heterocycles. The minimum atomic E-state index is -0.574. The number of piperazine rings is 1. The molecule has 1 aliphatic carbocycles. The predicted molar refractivity (Wildman–Crippen MR) is 104 cm³/mol. The first kappa shape index (κ1) is 17.2. The quantitative estimate of drug-likeness (QED) is 0.657. The van der Waals surface area contributed by atoms with Gasteiger partial charge in [0.15, 0.2) is 5.65 Å². The second kappa shape index (κ2) is 6.30. The van der Waals surface area contributed by atoms with Crippen molar-refractivity contribution in [1.29, 1.82) is 0 Å². The first-order chi connectivity index (χ1) is 13.6. The molecule has 2 fully saturated rings. The molecule has 2 aliphatic rings. The lowest BCUT2D eigenvalue weighted by atomic mass is 10.1. The van der Waals surface area contributed by atoms with Crippen molar-refractivity contribution in [3.63, 3.8) is 0 Å². The highest BCUT2D eigenvalue weighted by atomic mass is 19.1. The van der Waals surface area contributed by atoms with E-state index in [4.69, 9.17) is 4.74 Å². The number of fused-ring (bicyclic) bond motifs is 2. The summed E-state index contributed by atoms with van der Waals surface area (Å²) < 4.78 is 21.9. The molecule has 8 nitrogen and oxygen atoms in total. The molecule has 5 rings (SSSR count). The van der Waals surface area contributed by atoms with Gasteiger partial charge in [-0.2, -0.15) is 4.98 Å². The Morgan fingerprint density at radius 1 is 1.21 bits per heavy atom. The minimum Gasteiger partial charge on any atom is -0.468 e. The molecule has 146 valence electrons. The van der Waals surface area contributed by atoms with Crippen molar-refractivity contribution in [2.24, 2.45) is 0 Å². The van der Waals surface area contributed by atoms with Gasteiger partial charge in [0.1, 0.15) is 11.2 Å². The summed E-state index contributed by atoms with van der Waals surface area (Å²) in [6.45, 7) is 2.93. The number of pyridine rings is 1. The van der Waals surface area contributed by atoms with E-state index in [0.29, 0.717) is 29.9 Å². The van der Waals surface area contributed by atoms with E-state index in [1.165, 1.54) is 13.2 Å². The van der Waals surface area contributed by atoms with E-state index >= 15 is 0 Å². The molecule has 0 bridgehead atoms. The molecule has 0 unspecified atom stereocenters. The van der Waals surface area contributed by atoms with Crippen molar-refractivity contribution < 1.29 is 9.13 Å². The normalized spacial score (nSPS) is 17.4. The Morgan fingerprint density at radius 3 is 2.64 bits per heavy atom. The van der Waals surface area contributed by atoms with Gasteiger partial charge in [0, 0.05) is 37.6 Å². The Bertz CT molecular complexity index is 1210. The second-order valence-corrected chi connectivity index (χ2v) is 7.26. The van der Waals surface area contributed by atoms with Gasteiger partial charge in [-0.15, -0.1) is 0 Å². The van der Waals surface area contributed by atoms with E-state index in [1.807, 2.05) is 9.47 Å². The zero-order chi connectivity index (χ0) is 19.4. The number of aromatic amines is 1. The molecule has 1 saturated carbocycles. The predicted octanol–water partition coefficient (Wildman–Crippen LogP) is 1.13. The molecule has 1 aromatic carbocycles. The number of halogens is 1. The van der Waals surface area contributed by atoms with Crippen molar-refractivity contribution in [1.82, 2.24) is 19.9 Å². The molecular formula is C19H20FN5O3. The van der Waals surface area contributed by atoms with Gasteiger partial charge in [0.05, 0.1) is 18.3 Å². The van der Waals surface area contributed by atoms with E-state index in [-0.39, 0.29) is 22.8 Å². The van der Waals surface area contributed by atoms with Gasteiger partial charge >= 0.3 is 0 Å². The first-order valence-corrected chi connectivity index (χ1v) is 9.40. The van der Waals surface area contributed by atoms with Crippen LogP contribution >= 0.6 is 0 Å². The van der Waals surface area contributed by atoms with Crippen LogP contribution in [0.2, 0.25) is 0 Å². The Labute approximate surface area is 158 Å². The Kier molecular flexibility index (Phi) is 3.87. The molecule has 2 aromatic heterocycles. The van der Waals surface area contributed by atoms with E-state index < -0.39 is 16.8 Å². The first-order valence-electron chi connectivity index (χ1n) is 9.40. The van der Waals surface area contributed by atoms with Crippen LogP contribution in [0.4, 0.5) is 10.1 Å². The van der Waals surface area contributed by atoms with Crippen LogP contribution < -0.4 is 25.9 Å². The molecule has 1 aliphatic heterocycles. The van der Waals surface area contributed by atoms with E-state index in [9.17, 15) is 14.0 Å². The maximum absolute atomic E-state index is 14.9. The molecule has 9 heteroatoms. The third-order valence-corrected chi connectivity index (χ3v) is 5.47. The number of methoxy groups -OCH3 is 1. The fourth-order valence-electron chi connectivity index (χ4n) is 3.95. The number of benzene rings is 1. The molecule has 3 aromatic rings. The van der Waals surface area contributed by atoms with E-state index in [2.05, 4.69) is 15.3 Å². The molecule has 2 N–H and O–H groups in total. The number of rotatable bonds is 3. The third-order valence-electron chi connectivity index (χ3n) is 5.47. The third kappa shape index (κ3) is 2.57. The van der Waals surface area contributed by atoms with Gasteiger partial charge in [-0.05, 0) is 25.0 Å². The van der Waals surface area contributed by atoms with Crippen molar-refractivity contribution in [3.05, 3.63) is 38.5 Å². The van der Waals surface area contributed by atoms with Crippen LogP contribution in [0.3, 0.4) is 0 Å². The molecule has 28 heavy (non-hydrogen) atoms. The van der Waals surface area contributed by atoms with Gasteiger partial charge in [-0.1, -0.05) is 0 Å². The van der Waals surface area contributed by atoms with Gasteiger partial charge < -0.3 is 19.5 Å². The molecule has 0 radical (unpaired) electrons. The highest BCUT2D eigenvalue weighted by Gasteiger charge is 2.30. The number of ether oxygens (including phenoxy) is 1. The van der Waals surface area contributed by atoms with Gasteiger partial charge in [0.25, 0.3) is 11.6 Å². The van der Waals surface area contributed by atoms with Crippen molar-refractivity contribution >= 4 is 27.6 Å². The number of hydrogen-bond donors (Lipinski definition) is 2. The summed E-state index contributed by atoms with van der Waals surface area (Å²) in [4.78, 5) is 34.4. The molecule has 0 amide bonds. The smallest absolute Gasteiger partial charge is 0.298 e. The standard InChI is InChI=1S/C19H20FN5O3/c1-28-19-22-17-15(18(27)23-19)16(26)11-8-12(20)14(24-6-4-21-5-7-24)9-13(11)25(17)10-2-3-10/h8-10,21H,2-7H2,1H3,(H,22,23,27). The summed E-state index contributed by atoms with van der Waals surface area (Å²) >= 11 is 0. The number of H-pyrrole nitrogens is 1. The highest BCUT2D eigenvalue weighted by Crippen LogP contribution is 2.39. The fraction of sp³-hybridized carbons (Fsp3) is 0.421. The monoisotopic (exact) mass is 385 g/mol. The summed E-state index contributed by atoms with van der Waals surface area (Å²) in [7, 11) is 1.41. The van der Waals surface area contributed by atoms with Crippen molar-refractivity contribution in [3.8, 4) is 6.01 Å². The lowest BCUT2D eigenvalue weighted by Crippen LogP contribution is -2.43. The minimum absolute atomic E-state index is 0.0510. The number of hydrogen-bond acceptors (Lipinski definition) is 6. The molecule has 0 atom stereocenters. The SMILES string of the molecule is COc1nc2c(c(=O)[nH]1)c(=O)c1cc(F)c(N3CCNCC3)cc1n2C1CC1. The lowest BCUT2D eigenvalue weighted by molar-refractivity contribution is 0.379. The topological polar surface area (TPSA) is 92.2 Å². The maximum Gasteiger partial charge on any atom is 0.298 e. The van der Waals surface area contributed by atoms with Crippen molar-refractivity contribution in [2.75, 3.05) is 38.2 Å². The van der Waals surface area contributed by atoms with Gasteiger partial charge in [-0.25, -0.2) is 4.39 Å². The average molecular weight is 385 g/mol. The van der Waals surface area contributed by atoms with Gasteiger partial charge in [-0.3, -0.25) is 14.6 Å². The van der Waals surface area contributed by atoms with Crippen LogP contribution in [0.1, 0.15) is 18.9 Å². The molecule has 0 spiro atoms. The maximum atomic E-state index is 14.9. The largest absolute Gasteiger partial charge is 0.468 e. The summed E-state index contributed by atoms with van der Waals surface area (Å²) in [6, 6.07) is 3.17. The van der Waals surface area contributed by atoms with Crippen LogP contribution in [0, 0.1) is 5.82 Å². The van der Waals surface area contributed by atoms with Crippen LogP contribution in [-0.4, -0.2) is 47.8 Å². The Balaban J connectivity index is 1.88. The van der Waals surface area contributed by atoms with E-state index in [0.717, 1.165) is 25.9 Å². The highest BCUT2D eigenvalue weighted by molar-refractivity contribution is 5.93. The Morgan fingerprint density at radius 2 is 1.96 bits per heavy atom. The molecular weight excluding hydrogens is 365 g/mol. The Hall–Kier alpha value is -2.94. The van der Waals surface area contributed by atoms with Crippen LogP contribution in [-0.2, 0) is 0 Å².